The van der Waals surface area contributed by atoms with Crippen molar-refractivity contribution in [2.75, 3.05) is 6.54 Å². The van der Waals surface area contributed by atoms with Gasteiger partial charge in [0.05, 0.1) is 6.54 Å². The van der Waals surface area contributed by atoms with Crippen LogP contribution in [0.5, 0.6) is 0 Å². The molecule has 0 saturated heterocycles. The number of fused-ring (bicyclic) bond motifs is 1. The van der Waals surface area contributed by atoms with Gasteiger partial charge in [-0.25, -0.2) is 9.98 Å². The second kappa shape index (κ2) is 10.3. The molecule has 0 spiro atoms. The van der Waals surface area contributed by atoms with Gasteiger partial charge in [-0.15, -0.1) is 0 Å². The number of pyridine rings is 1. The lowest BCUT2D eigenvalue weighted by Crippen LogP contribution is -2.21. The van der Waals surface area contributed by atoms with Crippen LogP contribution in [-0.2, 0) is 19.5 Å². The number of aromatic nitrogens is 1. The summed E-state index contributed by atoms with van der Waals surface area (Å²) in [7, 11) is 0. The highest BCUT2D eigenvalue weighted by atomic mass is 15.1. The first-order chi connectivity index (χ1) is 15.3. The number of nitrogens with one attached hydrogen (secondary N) is 2. The Morgan fingerprint density at radius 2 is 1.81 bits per heavy atom. The molecule has 5 heteroatoms. The number of benzene rings is 2. The zero-order valence-electron chi connectivity index (χ0n) is 17.8. The van der Waals surface area contributed by atoms with Crippen molar-refractivity contribution in [3.63, 3.8) is 0 Å². The molecule has 0 atom stereocenters. The normalized spacial score (nSPS) is 17.6. The van der Waals surface area contributed by atoms with E-state index in [4.69, 9.17) is 4.99 Å². The van der Waals surface area contributed by atoms with E-state index in [1.54, 1.807) is 6.21 Å². The molecule has 0 radical (unpaired) electrons. The quantitative estimate of drug-likeness (QED) is 0.673. The van der Waals surface area contributed by atoms with Crippen LogP contribution in [-0.4, -0.2) is 23.7 Å². The minimum Gasteiger partial charge on any atom is -0.391 e. The van der Waals surface area contributed by atoms with Crippen LogP contribution in [0.25, 0.3) is 11.1 Å². The summed E-state index contributed by atoms with van der Waals surface area (Å²) >= 11 is 0. The van der Waals surface area contributed by atoms with E-state index >= 15 is 0 Å². The third kappa shape index (κ3) is 5.89. The maximum Gasteiger partial charge on any atom is 0.218 e. The van der Waals surface area contributed by atoms with Crippen molar-refractivity contribution in [3.05, 3.63) is 102 Å². The minimum atomic E-state index is 0.611. The highest BCUT2D eigenvalue weighted by Crippen LogP contribution is 2.20. The number of nitrogens with zero attached hydrogens (tertiary/aromatic N) is 3. The van der Waals surface area contributed by atoms with Crippen LogP contribution in [0.1, 0.15) is 22.4 Å². The number of hydrogen-bond acceptors (Lipinski definition) is 5. The number of aliphatic imine (C=N–C) groups is 2. The average molecular weight is 410 g/mol. The van der Waals surface area contributed by atoms with Gasteiger partial charge in [0.15, 0.2) is 0 Å². The third-order valence-corrected chi connectivity index (χ3v) is 5.19. The average Bonchev–Trinajstić information content (AvgIpc) is 2.79. The molecule has 0 saturated carbocycles. The Bertz CT molecular complexity index is 1100. The molecule has 3 aromatic rings. The molecule has 0 aliphatic carbocycles. The highest BCUT2D eigenvalue weighted by molar-refractivity contribution is 5.90. The van der Waals surface area contributed by atoms with Crippen molar-refractivity contribution in [2.45, 2.75) is 26.4 Å². The molecular weight excluding hydrogens is 382 g/mol. The van der Waals surface area contributed by atoms with Crippen LogP contribution in [0.3, 0.4) is 0 Å². The summed E-state index contributed by atoms with van der Waals surface area (Å²) in [5, 5.41) is 6.68. The van der Waals surface area contributed by atoms with Gasteiger partial charge in [-0.2, -0.15) is 0 Å². The van der Waals surface area contributed by atoms with E-state index in [9.17, 15) is 0 Å². The van der Waals surface area contributed by atoms with E-state index < -0.39 is 0 Å². The first-order valence-electron chi connectivity index (χ1n) is 10.6. The van der Waals surface area contributed by atoms with E-state index in [0.717, 1.165) is 18.7 Å². The Kier molecular flexibility index (Phi) is 6.85. The standard InChI is InChI=1S/C26H27N5/c1-20-17-24(12-16-28-20)23-9-7-21(8-10-23)18-30-26-29-14-4-13-27-15-11-22-5-2-3-6-25(22)19-31-26/h2-10,12-14,16-17,27H,11,15,18-19H2,1H3,(H,30,31)/b13-4+,29-14-. The molecule has 0 unspecified atom stereocenters. The van der Waals surface area contributed by atoms with Gasteiger partial charge in [0, 0.05) is 31.2 Å². The van der Waals surface area contributed by atoms with Gasteiger partial charge < -0.3 is 10.6 Å². The van der Waals surface area contributed by atoms with Gasteiger partial charge in [0.1, 0.15) is 0 Å². The SMILES string of the molecule is Cc1cc(-c2ccc(CNC3=N/Cc4ccccc4CCN/C=C/C=N\3)cc2)ccn1. The zero-order valence-corrected chi connectivity index (χ0v) is 17.8. The number of guanidine groups is 1. The number of hydrogen-bond donors (Lipinski definition) is 2. The van der Waals surface area contributed by atoms with E-state index in [1.165, 1.54) is 27.8 Å². The summed E-state index contributed by atoms with van der Waals surface area (Å²) in [6.45, 7) is 4.18. The summed E-state index contributed by atoms with van der Waals surface area (Å²) in [5.41, 5.74) is 7.12. The molecule has 1 aliphatic rings. The van der Waals surface area contributed by atoms with Crippen molar-refractivity contribution in [1.29, 1.82) is 0 Å². The Morgan fingerprint density at radius 1 is 0.968 bits per heavy atom. The number of rotatable bonds is 3. The molecule has 0 fully saturated rings. The molecule has 31 heavy (non-hydrogen) atoms. The lowest BCUT2D eigenvalue weighted by atomic mass is 10.0. The monoisotopic (exact) mass is 409 g/mol. The van der Waals surface area contributed by atoms with Gasteiger partial charge in [0.25, 0.3) is 0 Å². The smallest absolute Gasteiger partial charge is 0.218 e. The Hall–Kier alpha value is -3.73. The fourth-order valence-electron chi connectivity index (χ4n) is 3.49. The van der Waals surface area contributed by atoms with Crippen molar-refractivity contribution < 1.29 is 0 Å². The summed E-state index contributed by atoms with van der Waals surface area (Å²) in [5.74, 6) is 0.633. The molecule has 1 aliphatic heterocycles. The Labute approximate surface area is 183 Å². The largest absolute Gasteiger partial charge is 0.391 e. The van der Waals surface area contributed by atoms with Crippen LogP contribution in [0.2, 0.25) is 0 Å². The molecule has 0 amide bonds. The van der Waals surface area contributed by atoms with E-state index in [2.05, 4.69) is 75.2 Å². The Balaban J connectivity index is 1.46. The van der Waals surface area contributed by atoms with Crippen LogP contribution >= 0.6 is 0 Å². The third-order valence-electron chi connectivity index (χ3n) is 5.19. The van der Waals surface area contributed by atoms with Crippen LogP contribution in [0, 0.1) is 6.92 Å². The van der Waals surface area contributed by atoms with Crippen molar-refractivity contribution in [1.82, 2.24) is 15.6 Å². The summed E-state index contributed by atoms with van der Waals surface area (Å²) in [4.78, 5) is 13.5. The van der Waals surface area contributed by atoms with Gasteiger partial charge in [-0.1, -0.05) is 48.5 Å². The first-order valence-corrected chi connectivity index (χ1v) is 10.6. The fraction of sp³-hybridized carbons (Fsp3) is 0.192. The van der Waals surface area contributed by atoms with E-state index in [-0.39, 0.29) is 0 Å². The molecule has 156 valence electrons. The van der Waals surface area contributed by atoms with Gasteiger partial charge in [-0.05, 0) is 65.6 Å². The Morgan fingerprint density at radius 3 is 2.65 bits per heavy atom. The van der Waals surface area contributed by atoms with E-state index in [1.807, 2.05) is 31.5 Å². The predicted octanol–water partition coefficient (Wildman–Crippen LogP) is 4.43. The molecule has 2 heterocycles. The van der Waals surface area contributed by atoms with Crippen LogP contribution in [0.4, 0.5) is 0 Å². The lowest BCUT2D eigenvalue weighted by molar-refractivity contribution is 0.818. The maximum absolute atomic E-state index is 4.73. The highest BCUT2D eigenvalue weighted by Gasteiger charge is 2.04. The summed E-state index contributed by atoms with van der Waals surface area (Å²) in [6, 6.07) is 21.1. The second-order valence-electron chi connectivity index (χ2n) is 7.49. The minimum absolute atomic E-state index is 0.611. The van der Waals surface area contributed by atoms with Crippen molar-refractivity contribution in [3.8, 4) is 11.1 Å². The number of aryl methyl sites for hydroxylation is 1. The van der Waals surface area contributed by atoms with Gasteiger partial charge >= 0.3 is 0 Å². The maximum atomic E-state index is 4.73. The topological polar surface area (TPSA) is 61.7 Å². The fourth-order valence-corrected chi connectivity index (χ4v) is 3.49. The summed E-state index contributed by atoms with van der Waals surface area (Å²) < 4.78 is 0. The predicted molar refractivity (Wildman–Crippen MR) is 128 cm³/mol. The molecular formula is C26H27N5. The lowest BCUT2D eigenvalue weighted by Gasteiger charge is -2.10. The van der Waals surface area contributed by atoms with Crippen molar-refractivity contribution in [2.24, 2.45) is 9.98 Å². The first kappa shape index (κ1) is 20.5. The molecule has 4 rings (SSSR count). The molecule has 5 nitrogen and oxygen atoms in total. The van der Waals surface area contributed by atoms with Crippen LogP contribution < -0.4 is 10.6 Å². The van der Waals surface area contributed by atoms with Gasteiger partial charge in [0.2, 0.25) is 5.96 Å². The van der Waals surface area contributed by atoms with E-state index in [0.29, 0.717) is 19.0 Å². The van der Waals surface area contributed by atoms with Gasteiger partial charge in [-0.3, -0.25) is 4.98 Å². The van der Waals surface area contributed by atoms with Crippen molar-refractivity contribution >= 4 is 12.2 Å². The molecule has 2 aromatic carbocycles. The molecule has 1 aromatic heterocycles. The number of allylic oxidation sites excluding steroid dienone is 1. The zero-order chi connectivity index (χ0) is 21.3. The molecule has 0 bridgehead atoms. The molecule has 2 N–H and O–H groups in total. The summed E-state index contributed by atoms with van der Waals surface area (Å²) in [6.07, 6.45) is 8.41. The second-order valence-corrected chi connectivity index (χ2v) is 7.49. The van der Waals surface area contributed by atoms with Crippen LogP contribution in [0.15, 0.2) is 89.1 Å².